The van der Waals surface area contributed by atoms with E-state index in [1.165, 1.54) is 6.07 Å². The van der Waals surface area contributed by atoms with Crippen LogP contribution in [-0.4, -0.2) is 29.4 Å². The number of nitrogens with zero attached hydrogens (tertiary/aromatic N) is 1. The number of rotatable bonds is 1. The molecule has 5 heteroatoms. The molecule has 0 bridgehead atoms. The molecule has 1 saturated heterocycles. The van der Waals surface area contributed by atoms with E-state index in [4.69, 9.17) is 5.73 Å². The fourth-order valence-electron chi connectivity index (χ4n) is 2.69. The van der Waals surface area contributed by atoms with Crippen LogP contribution in [0.5, 0.6) is 0 Å². The molecule has 1 unspecified atom stereocenters. The number of hydrogen-bond donors (Lipinski definition) is 3. The molecule has 0 radical (unpaired) electrons. The summed E-state index contributed by atoms with van der Waals surface area (Å²) in [6.07, 6.45) is 1.06. The van der Waals surface area contributed by atoms with Gasteiger partial charge in [-0.15, -0.1) is 0 Å². The maximum absolute atomic E-state index is 11.2. The van der Waals surface area contributed by atoms with Gasteiger partial charge in [0, 0.05) is 18.4 Å². The number of quaternary nitrogens is 1. The van der Waals surface area contributed by atoms with Gasteiger partial charge in [0.05, 0.1) is 25.7 Å². The number of nitrogens with two attached hydrogens (primary N) is 1. The van der Waals surface area contributed by atoms with Gasteiger partial charge < -0.3 is 10.6 Å². The Morgan fingerprint density at radius 2 is 2.25 bits per heavy atom. The monoisotopic (exact) mass is 225 g/mol. The lowest BCUT2D eigenvalue weighted by atomic mass is 9.90. The minimum atomic E-state index is -0.108. The normalized spacial score (nSPS) is 35.2. The van der Waals surface area contributed by atoms with E-state index in [0.29, 0.717) is 23.8 Å². The summed E-state index contributed by atoms with van der Waals surface area (Å²) in [6, 6.07) is 2.38. The maximum atomic E-state index is 11.2. The molecule has 4 atom stereocenters. The molecular weight excluding hydrogens is 204 g/mol. The smallest absolute Gasteiger partial charge is 0.266 e. The van der Waals surface area contributed by atoms with Crippen molar-refractivity contribution < 1.29 is 4.90 Å². The lowest BCUT2D eigenvalue weighted by molar-refractivity contribution is -0.914. The Kier molecular flexibility index (Phi) is 2.80. The van der Waals surface area contributed by atoms with Crippen LogP contribution in [0.1, 0.15) is 26.3 Å². The molecule has 90 valence electrons. The van der Waals surface area contributed by atoms with Crippen molar-refractivity contribution in [1.82, 2.24) is 9.78 Å². The summed E-state index contributed by atoms with van der Waals surface area (Å²) in [6.45, 7) is 5.58. The van der Waals surface area contributed by atoms with Crippen LogP contribution in [0.15, 0.2) is 10.9 Å². The van der Waals surface area contributed by atoms with E-state index >= 15 is 0 Å². The average molecular weight is 225 g/mol. The number of anilines is 1. The van der Waals surface area contributed by atoms with E-state index in [1.807, 2.05) is 4.68 Å². The fraction of sp³-hybridized carbons (Fsp3) is 0.727. The number of nitrogens with one attached hydrogen (secondary N) is 2. The van der Waals surface area contributed by atoms with E-state index in [1.54, 1.807) is 4.90 Å². The number of likely N-dealkylation sites (tertiary alicyclic amines) is 1. The van der Waals surface area contributed by atoms with Crippen LogP contribution < -0.4 is 16.2 Å². The van der Waals surface area contributed by atoms with Crippen molar-refractivity contribution in [3.05, 3.63) is 16.4 Å². The highest BCUT2D eigenvalue weighted by Gasteiger charge is 2.34. The number of hydrogen-bond acceptors (Lipinski definition) is 2. The third kappa shape index (κ3) is 1.87. The third-order valence-electron chi connectivity index (χ3n) is 3.86. The van der Waals surface area contributed by atoms with Crippen LogP contribution in [-0.2, 0) is 0 Å². The third-order valence-corrected chi connectivity index (χ3v) is 3.86. The second kappa shape index (κ2) is 3.97. The summed E-state index contributed by atoms with van der Waals surface area (Å²) in [7, 11) is 2.22. The predicted octanol–water partition coefficient (Wildman–Crippen LogP) is -0.757. The van der Waals surface area contributed by atoms with Crippen molar-refractivity contribution in [1.29, 1.82) is 0 Å². The van der Waals surface area contributed by atoms with Crippen molar-refractivity contribution >= 4 is 5.82 Å². The first-order chi connectivity index (χ1) is 7.49. The Morgan fingerprint density at radius 3 is 2.81 bits per heavy atom. The zero-order valence-electron chi connectivity index (χ0n) is 10.2. The highest BCUT2D eigenvalue weighted by molar-refractivity contribution is 5.27. The minimum absolute atomic E-state index is 0.108. The summed E-state index contributed by atoms with van der Waals surface area (Å²) in [4.78, 5) is 12.8. The van der Waals surface area contributed by atoms with Crippen molar-refractivity contribution in [2.45, 2.75) is 32.4 Å². The molecule has 4 N–H and O–H groups in total. The number of H-pyrrole nitrogens is 1. The molecular formula is C11H21N4O+. The number of aromatic nitrogens is 2. The van der Waals surface area contributed by atoms with Crippen LogP contribution >= 0.6 is 0 Å². The summed E-state index contributed by atoms with van der Waals surface area (Å²) in [5, 5.41) is 2.81. The van der Waals surface area contributed by atoms with Gasteiger partial charge in [-0.05, 0) is 6.92 Å². The Balaban J connectivity index is 2.27. The molecule has 16 heavy (non-hydrogen) atoms. The van der Waals surface area contributed by atoms with Crippen LogP contribution in [0, 0.1) is 5.92 Å². The van der Waals surface area contributed by atoms with E-state index in [0.717, 1.165) is 13.0 Å². The molecule has 1 aliphatic rings. The van der Waals surface area contributed by atoms with Crippen LogP contribution in [0.3, 0.4) is 0 Å². The molecule has 0 saturated carbocycles. The molecule has 1 fully saturated rings. The zero-order valence-corrected chi connectivity index (χ0v) is 10.2. The van der Waals surface area contributed by atoms with Crippen LogP contribution in [0.2, 0.25) is 0 Å². The van der Waals surface area contributed by atoms with Gasteiger partial charge in [0.1, 0.15) is 5.82 Å². The highest BCUT2D eigenvalue weighted by Crippen LogP contribution is 2.25. The van der Waals surface area contributed by atoms with Gasteiger partial charge in [0.25, 0.3) is 5.56 Å². The first kappa shape index (κ1) is 11.3. The topological polar surface area (TPSA) is 68.2 Å². The molecule has 2 rings (SSSR count). The van der Waals surface area contributed by atoms with Gasteiger partial charge in [0.2, 0.25) is 0 Å². The maximum Gasteiger partial charge on any atom is 0.266 e. The Hall–Kier alpha value is -1.23. The van der Waals surface area contributed by atoms with Crippen molar-refractivity contribution in [3.63, 3.8) is 0 Å². The molecule has 1 aliphatic heterocycles. The number of nitrogen functional groups attached to an aromatic ring is 1. The van der Waals surface area contributed by atoms with E-state index in [2.05, 4.69) is 26.0 Å². The van der Waals surface area contributed by atoms with Crippen LogP contribution in [0.4, 0.5) is 5.82 Å². The zero-order chi connectivity index (χ0) is 11.9. The molecule has 0 aromatic carbocycles. The average Bonchev–Trinajstić information content (AvgIpc) is 2.51. The van der Waals surface area contributed by atoms with Gasteiger partial charge in [-0.2, -0.15) is 0 Å². The second-order valence-electron chi connectivity index (χ2n) is 5.15. The lowest BCUT2D eigenvalue weighted by Gasteiger charge is -2.37. The molecule has 1 aromatic rings. The van der Waals surface area contributed by atoms with Crippen LogP contribution in [0.25, 0.3) is 0 Å². The van der Waals surface area contributed by atoms with Crippen molar-refractivity contribution in [2.24, 2.45) is 5.92 Å². The van der Waals surface area contributed by atoms with E-state index < -0.39 is 0 Å². The summed E-state index contributed by atoms with van der Waals surface area (Å²) in [5.41, 5.74) is 5.73. The lowest BCUT2D eigenvalue weighted by Crippen LogP contribution is -3.14. The van der Waals surface area contributed by atoms with Gasteiger partial charge in [0.15, 0.2) is 0 Å². The largest absolute Gasteiger partial charge is 0.384 e. The Morgan fingerprint density at radius 1 is 1.56 bits per heavy atom. The molecule has 0 amide bonds. The number of piperidine rings is 1. The molecule has 1 aromatic heterocycles. The van der Waals surface area contributed by atoms with E-state index in [9.17, 15) is 4.79 Å². The SMILES string of the molecule is C[C@@H]1C[NH+](C)[C@H](C)C[C@@H]1n1[nH]c(=O)cc1N. The second-order valence-corrected chi connectivity index (χ2v) is 5.15. The summed E-state index contributed by atoms with van der Waals surface area (Å²) >= 11 is 0. The van der Waals surface area contributed by atoms with Crippen molar-refractivity contribution in [3.8, 4) is 0 Å². The summed E-state index contributed by atoms with van der Waals surface area (Å²) < 4.78 is 1.84. The molecule has 0 spiro atoms. The fourth-order valence-corrected chi connectivity index (χ4v) is 2.69. The van der Waals surface area contributed by atoms with Gasteiger partial charge in [-0.3, -0.25) is 14.6 Å². The predicted molar refractivity (Wildman–Crippen MR) is 63.5 cm³/mol. The molecule has 0 aliphatic carbocycles. The van der Waals surface area contributed by atoms with E-state index in [-0.39, 0.29) is 5.56 Å². The highest BCUT2D eigenvalue weighted by atomic mass is 16.1. The Labute approximate surface area is 95.2 Å². The van der Waals surface area contributed by atoms with Gasteiger partial charge >= 0.3 is 0 Å². The molecule has 2 heterocycles. The van der Waals surface area contributed by atoms with Gasteiger partial charge in [-0.1, -0.05) is 6.92 Å². The standard InChI is InChI=1S/C11H20N4O/c1-7-6-14(3)8(2)4-9(7)15-10(12)5-11(16)13-15/h5,7-9H,4,6,12H2,1-3H3,(H,13,16)/p+1/t7-,8-,9+/m1/s1. The summed E-state index contributed by atoms with van der Waals surface area (Å²) in [5.74, 6) is 1.08. The Bertz CT molecular complexity index is 422. The first-order valence-corrected chi connectivity index (χ1v) is 5.88. The quantitative estimate of drug-likeness (QED) is 0.588. The first-order valence-electron chi connectivity index (χ1n) is 5.88. The van der Waals surface area contributed by atoms with Gasteiger partial charge in [-0.25, -0.2) is 0 Å². The molecule has 5 nitrogen and oxygen atoms in total. The van der Waals surface area contributed by atoms with Crippen molar-refractivity contribution in [2.75, 3.05) is 19.3 Å². The minimum Gasteiger partial charge on any atom is -0.384 e. The number of aromatic amines is 1.